The van der Waals surface area contributed by atoms with E-state index >= 15 is 0 Å². The van der Waals surface area contributed by atoms with Crippen LogP contribution in [0, 0.1) is 0 Å². The largest absolute Gasteiger partial charge is 0.383 e. The Morgan fingerprint density at radius 1 is 1.27 bits per heavy atom. The molecule has 168 valence electrons. The lowest BCUT2D eigenvalue weighted by Crippen LogP contribution is -2.31. The molecule has 1 aliphatic heterocycles. The molecule has 0 saturated heterocycles. The Morgan fingerprint density at radius 2 is 1.97 bits per heavy atom. The number of carbonyl (C=O) groups is 1. The van der Waals surface area contributed by atoms with Crippen LogP contribution in [0.3, 0.4) is 0 Å². The number of methoxy groups -OCH3 is 2. The number of allylic oxidation sites excluding steroid dienone is 2. The van der Waals surface area contributed by atoms with E-state index in [2.05, 4.69) is 10.2 Å². The fraction of sp³-hybridized carbons (Fsp3) is 0.571. The van der Waals surface area contributed by atoms with Crippen molar-refractivity contribution < 1.29 is 27.2 Å². The van der Waals surface area contributed by atoms with Crippen molar-refractivity contribution in [3.05, 3.63) is 41.1 Å². The molecule has 1 aliphatic rings. The fourth-order valence-corrected chi connectivity index (χ4v) is 4.57. The normalized spacial score (nSPS) is 19.9. The lowest BCUT2D eigenvalue weighted by Gasteiger charge is -2.30. The summed E-state index contributed by atoms with van der Waals surface area (Å²) in [5.74, 6) is -0.489. The van der Waals surface area contributed by atoms with Gasteiger partial charge in [-0.25, -0.2) is 0 Å². The van der Waals surface area contributed by atoms with Crippen LogP contribution in [0.4, 0.5) is 5.69 Å². The molecule has 0 bridgehead atoms. The topological polar surface area (TPSA) is 105 Å². The first-order valence-corrected chi connectivity index (χ1v) is 11.6. The summed E-state index contributed by atoms with van der Waals surface area (Å²) < 4.78 is 41.9. The summed E-state index contributed by atoms with van der Waals surface area (Å²) in [6.45, 7) is 5.99. The smallest absolute Gasteiger partial charge is 0.264 e. The van der Waals surface area contributed by atoms with E-state index in [1.165, 1.54) is 0 Å². The first kappa shape index (κ1) is 24.3. The highest BCUT2D eigenvalue weighted by atomic mass is 32.2. The molecule has 1 atom stereocenters. The quantitative estimate of drug-likeness (QED) is 0.402. The lowest BCUT2D eigenvalue weighted by atomic mass is 9.77. The number of nitrogens with zero attached hydrogens (tertiary/aromatic N) is 1. The van der Waals surface area contributed by atoms with Gasteiger partial charge >= 0.3 is 0 Å². The molecule has 0 fully saturated rings. The number of carbonyl (C=O) groups excluding carboxylic acids is 1. The van der Waals surface area contributed by atoms with Crippen molar-refractivity contribution in [1.82, 2.24) is 5.32 Å². The van der Waals surface area contributed by atoms with Crippen LogP contribution < -0.4 is 10.2 Å². The van der Waals surface area contributed by atoms with Crippen LogP contribution in [0.2, 0.25) is 0 Å². The highest BCUT2D eigenvalue weighted by molar-refractivity contribution is 7.85. The molecule has 0 aromatic heterocycles. The van der Waals surface area contributed by atoms with Crippen LogP contribution in [0.5, 0.6) is 0 Å². The maximum absolute atomic E-state index is 12.6. The molecule has 1 amide bonds. The molecule has 30 heavy (non-hydrogen) atoms. The monoisotopic (exact) mass is 440 g/mol. The standard InChI is InChI=1S/C21H32N2O6S/c1-5-19-21(2,9-6-14-30(25,26)27)17-15-16(20(24)22-10-12-28-3)7-8-18(17)23(19)11-13-29-4/h5,7-8,15H,6,9-14H2,1-4H3,(H,22,24)(H,25,26,27)/b19-5+. The van der Waals surface area contributed by atoms with Crippen molar-refractivity contribution in [1.29, 1.82) is 0 Å². The highest BCUT2D eigenvalue weighted by Crippen LogP contribution is 2.50. The third-order valence-corrected chi connectivity index (χ3v) is 6.27. The molecule has 0 spiro atoms. The van der Waals surface area contributed by atoms with Gasteiger partial charge in [0.15, 0.2) is 0 Å². The average Bonchev–Trinajstić information content (AvgIpc) is 2.92. The van der Waals surface area contributed by atoms with Crippen molar-refractivity contribution in [2.75, 3.05) is 51.2 Å². The van der Waals surface area contributed by atoms with E-state index in [-0.39, 0.29) is 11.7 Å². The minimum absolute atomic E-state index is 0.187. The van der Waals surface area contributed by atoms with E-state index in [1.54, 1.807) is 20.3 Å². The predicted molar refractivity (Wildman–Crippen MR) is 117 cm³/mol. The number of fused-ring (bicyclic) bond motifs is 1. The van der Waals surface area contributed by atoms with E-state index in [0.717, 1.165) is 16.9 Å². The molecule has 1 unspecified atom stereocenters. The van der Waals surface area contributed by atoms with Crippen LogP contribution in [-0.4, -0.2) is 65.2 Å². The van der Waals surface area contributed by atoms with E-state index in [0.29, 0.717) is 44.7 Å². The molecule has 0 aliphatic carbocycles. The van der Waals surface area contributed by atoms with Gasteiger partial charge in [0.25, 0.3) is 16.0 Å². The fourth-order valence-electron chi connectivity index (χ4n) is 4.06. The van der Waals surface area contributed by atoms with Crippen LogP contribution in [0.25, 0.3) is 0 Å². The Hall–Kier alpha value is -1.94. The lowest BCUT2D eigenvalue weighted by molar-refractivity contribution is 0.0937. The zero-order valence-corrected chi connectivity index (χ0v) is 18.9. The Kier molecular flexibility index (Phi) is 8.42. The molecular formula is C21H32N2O6S. The number of amides is 1. The van der Waals surface area contributed by atoms with Gasteiger partial charge in [-0.2, -0.15) is 8.42 Å². The van der Waals surface area contributed by atoms with Gasteiger partial charge in [0, 0.05) is 49.7 Å². The Labute approximate surface area is 179 Å². The van der Waals surface area contributed by atoms with Gasteiger partial charge in [-0.3, -0.25) is 9.35 Å². The van der Waals surface area contributed by atoms with Crippen molar-refractivity contribution in [3.8, 4) is 0 Å². The third kappa shape index (κ3) is 5.60. The summed E-state index contributed by atoms with van der Waals surface area (Å²) in [6, 6.07) is 5.59. The van der Waals surface area contributed by atoms with E-state index in [4.69, 9.17) is 14.0 Å². The van der Waals surface area contributed by atoms with Gasteiger partial charge in [0.2, 0.25) is 0 Å². The summed E-state index contributed by atoms with van der Waals surface area (Å²) >= 11 is 0. The zero-order chi connectivity index (χ0) is 22.4. The Morgan fingerprint density at radius 3 is 2.57 bits per heavy atom. The first-order valence-electron chi connectivity index (χ1n) is 9.98. The van der Waals surface area contributed by atoms with Gasteiger partial charge in [0.05, 0.1) is 19.0 Å². The number of anilines is 1. The van der Waals surface area contributed by atoms with Gasteiger partial charge in [-0.1, -0.05) is 6.08 Å². The van der Waals surface area contributed by atoms with Crippen LogP contribution in [-0.2, 0) is 25.0 Å². The molecular weight excluding hydrogens is 408 g/mol. The second kappa shape index (κ2) is 10.4. The van der Waals surface area contributed by atoms with E-state index in [9.17, 15) is 13.2 Å². The Bertz CT molecular complexity index is 883. The number of hydrogen-bond donors (Lipinski definition) is 2. The van der Waals surface area contributed by atoms with Crippen molar-refractivity contribution in [2.45, 2.75) is 32.1 Å². The van der Waals surface area contributed by atoms with Crippen molar-refractivity contribution in [3.63, 3.8) is 0 Å². The number of ether oxygens (including phenoxy) is 2. The molecule has 8 nitrogen and oxygen atoms in total. The number of hydrogen-bond acceptors (Lipinski definition) is 6. The minimum atomic E-state index is -4.04. The first-order chi connectivity index (χ1) is 14.2. The molecule has 2 rings (SSSR count). The SMILES string of the molecule is C/C=C1/N(CCOC)c2ccc(C(=O)NCCOC)cc2C1(C)CCCS(=O)(=O)O. The highest BCUT2D eigenvalue weighted by Gasteiger charge is 2.43. The molecule has 1 aromatic carbocycles. The van der Waals surface area contributed by atoms with Gasteiger partial charge in [-0.05, 0) is 50.5 Å². The predicted octanol–water partition coefficient (Wildman–Crippen LogP) is 2.36. The maximum Gasteiger partial charge on any atom is 0.264 e. The number of nitrogens with one attached hydrogen (secondary N) is 1. The van der Waals surface area contributed by atoms with E-state index in [1.807, 2.05) is 32.1 Å². The summed E-state index contributed by atoms with van der Waals surface area (Å²) in [5.41, 5.74) is 3.01. The Balaban J connectivity index is 2.41. The van der Waals surface area contributed by atoms with Crippen molar-refractivity contribution in [2.24, 2.45) is 0 Å². The van der Waals surface area contributed by atoms with Gasteiger partial charge in [-0.15, -0.1) is 0 Å². The number of benzene rings is 1. The molecule has 0 radical (unpaired) electrons. The molecule has 9 heteroatoms. The average molecular weight is 441 g/mol. The van der Waals surface area contributed by atoms with Crippen LogP contribution in [0.1, 0.15) is 42.6 Å². The molecule has 0 saturated carbocycles. The summed E-state index contributed by atoms with van der Waals surface area (Å²) in [5, 5.41) is 2.83. The van der Waals surface area contributed by atoms with Crippen LogP contribution in [0.15, 0.2) is 30.0 Å². The molecule has 2 N–H and O–H groups in total. The van der Waals surface area contributed by atoms with Gasteiger partial charge in [0.1, 0.15) is 0 Å². The summed E-state index contributed by atoms with van der Waals surface area (Å²) in [4.78, 5) is 14.7. The third-order valence-electron chi connectivity index (χ3n) is 5.46. The zero-order valence-electron chi connectivity index (χ0n) is 18.1. The minimum Gasteiger partial charge on any atom is -0.383 e. The van der Waals surface area contributed by atoms with Crippen molar-refractivity contribution >= 4 is 21.7 Å². The van der Waals surface area contributed by atoms with Gasteiger partial charge < -0.3 is 19.7 Å². The number of rotatable bonds is 11. The van der Waals surface area contributed by atoms with Crippen LogP contribution >= 0.6 is 0 Å². The molecule has 1 aromatic rings. The summed E-state index contributed by atoms with van der Waals surface area (Å²) in [7, 11) is -0.815. The second-order valence-electron chi connectivity index (χ2n) is 7.52. The molecule has 1 heterocycles. The second-order valence-corrected chi connectivity index (χ2v) is 9.09. The summed E-state index contributed by atoms with van der Waals surface area (Å²) in [6.07, 6.45) is 2.83. The van der Waals surface area contributed by atoms with E-state index < -0.39 is 15.5 Å². The maximum atomic E-state index is 12.6.